The maximum Gasteiger partial charge on any atom is 0.306 e. The molecule has 0 aromatic carbocycles. The molecule has 5 N–H and O–H groups in total. The first-order chi connectivity index (χ1) is 18.8. The summed E-state index contributed by atoms with van der Waals surface area (Å²) in [5.41, 5.74) is 6.33. The van der Waals surface area contributed by atoms with E-state index >= 15 is 0 Å². The van der Waals surface area contributed by atoms with Gasteiger partial charge in [-0.25, -0.2) is 13.9 Å². The smallest absolute Gasteiger partial charge is 0.306 e. The van der Waals surface area contributed by atoms with Gasteiger partial charge in [0.2, 0.25) is 0 Å². The first-order valence-corrected chi connectivity index (χ1v) is 14.6. The number of ether oxygens (including phenoxy) is 1. The van der Waals surface area contributed by atoms with Crippen LogP contribution in [0.3, 0.4) is 0 Å². The molecule has 2 aromatic heterocycles. The zero-order chi connectivity index (χ0) is 27.4. The van der Waals surface area contributed by atoms with Crippen molar-refractivity contribution < 1.29 is 23.8 Å². The normalized spacial score (nSPS) is 28.2. The number of amides is 1. The van der Waals surface area contributed by atoms with Crippen LogP contribution in [0.4, 0.5) is 10.2 Å². The molecule has 2 aliphatic carbocycles. The number of hydrogen-bond acceptors (Lipinski definition) is 7. The number of aliphatic carboxylic acids is 1. The summed E-state index contributed by atoms with van der Waals surface area (Å²) in [6.45, 7) is 0.558. The van der Waals surface area contributed by atoms with Crippen molar-refractivity contribution in [2.24, 2.45) is 5.92 Å². The number of nitrogen functional groups attached to an aromatic ring is 1. The molecule has 3 fully saturated rings. The number of anilines is 1. The van der Waals surface area contributed by atoms with E-state index in [0.29, 0.717) is 32.2 Å². The van der Waals surface area contributed by atoms with Gasteiger partial charge in [-0.15, -0.1) is 5.10 Å². The Morgan fingerprint density at radius 2 is 1.77 bits per heavy atom. The fourth-order valence-corrected chi connectivity index (χ4v) is 6.74. The van der Waals surface area contributed by atoms with Gasteiger partial charge in [0.05, 0.1) is 36.6 Å². The predicted molar refractivity (Wildman–Crippen MR) is 144 cm³/mol. The molecule has 10 nitrogen and oxygen atoms in total. The van der Waals surface area contributed by atoms with Crippen molar-refractivity contribution in [3.8, 4) is 0 Å². The van der Waals surface area contributed by atoms with Crippen molar-refractivity contribution in [2.75, 3.05) is 12.3 Å². The number of nitrogens with one attached hydrogen (secondary N) is 2. The lowest BCUT2D eigenvalue weighted by atomic mass is 9.76. The van der Waals surface area contributed by atoms with Crippen molar-refractivity contribution >= 4 is 23.3 Å². The molecule has 2 atom stereocenters. The van der Waals surface area contributed by atoms with Gasteiger partial charge in [-0.2, -0.15) is 0 Å². The van der Waals surface area contributed by atoms with E-state index in [4.69, 9.17) is 10.5 Å². The number of hydrogen-bond donors (Lipinski definition) is 4. The van der Waals surface area contributed by atoms with Crippen LogP contribution >= 0.6 is 0 Å². The quantitative estimate of drug-likeness (QED) is 0.445. The molecule has 39 heavy (non-hydrogen) atoms. The van der Waals surface area contributed by atoms with Gasteiger partial charge in [-0.3, -0.25) is 9.59 Å². The number of carboxylic acids is 1. The number of aromatic nitrogens is 3. The summed E-state index contributed by atoms with van der Waals surface area (Å²) in [7, 11) is 0. The first kappa shape index (κ1) is 27.8. The minimum atomic E-state index is -0.736. The van der Waals surface area contributed by atoms with Gasteiger partial charge in [0.25, 0.3) is 5.91 Å². The molecule has 214 valence electrons. The largest absolute Gasteiger partial charge is 0.481 e. The van der Waals surface area contributed by atoms with Crippen LogP contribution in [0.25, 0.3) is 5.65 Å². The Kier molecular flexibility index (Phi) is 8.66. The van der Waals surface area contributed by atoms with Gasteiger partial charge in [-0.1, -0.05) is 44.9 Å². The molecule has 1 spiro atoms. The van der Waals surface area contributed by atoms with Gasteiger partial charge in [0.1, 0.15) is 5.56 Å². The van der Waals surface area contributed by atoms with E-state index in [0.717, 1.165) is 31.7 Å². The van der Waals surface area contributed by atoms with Crippen molar-refractivity contribution in [2.45, 2.75) is 114 Å². The standard InChI is InChI=1S/C28H41FN6O4/c29-19-15-31-25-23(24(30)34-35(25)17-19)26(36)33-21-16-32-28(12-6-4-2-1-3-5-7-13-28)14-22(21)39-20-10-8-18(9-11-20)27(37)38/h15,17-18,20-22,32H,1-14,16H2,(H2,30,34)(H,33,36)(H,37,38). The number of carboxylic acid groups (broad SMARTS) is 1. The van der Waals surface area contributed by atoms with Crippen LogP contribution < -0.4 is 16.4 Å². The fraction of sp³-hybridized carbons (Fsp3) is 0.714. The van der Waals surface area contributed by atoms with E-state index in [2.05, 4.69) is 20.7 Å². The first-order valence-electron chi connectivity index (χ1n) is 14.6. The third-order valence-electron chi connectivity index (χ3n) is 8.95. The fourth-order valence-electron chi connectivity index (χ4n) is 6.74. The monoisotopic (exact) mass is 544 g/mol. The lowest BCUT2D eigenvalue weighted by molar-refractivity contribution is -0.144. The van der Waals surface area contributed by atoms with Crippen LogP contribution in [0.5, 0.6) is 0 Å². The minimum absolute atomic E-state index is 0.0115. The second kappa shape index (κ2) is 12.2. The van der Waals surface area contributed by atoms with Crippen LogP contribution in [0.15, 0.2) is 12.4 Å². The summed E-state index contributed by atoms with van der Waals surface area (Å²) in [6.07, 6.45) is 16.1. The minimum Gasteiger partial charge on any atom is -0.481 e. The Bertz CT molecular complexity index is 1150. The predicted octanol–water partition coefficient (Wildman–Crippen LogP) is 3.83. The highest BCUT2D eigenvalue weighted by atomic mass is 19.1. The van der Waals surface area contributed by atoms with Crippen molar-refractivity contribution in [1.82, 2.24) is 25.2 Å². The molecule has 11 heteroatoms. The summed E-state index contributed by atoms with van der Waals surface area (Å²) in [6, 6.07) is -0.314. The number of rotatable bonds is 5. The summed E-state index contributed by atoms with van der Waals surface area (Å²) in [5, 5.41) is 20.4. The molecule has 3 aliphatic rings. The number of fused-ring (bicyclic) bond motifs is 1. The van der Waals surface area contributed by atoms with Crippen LogP contribution in [-0.4, -0.2) is 61.9 Å². The topological polar surface area (TPSA) is 144 Å². The van der Waals surface area contributed by atoms with Gasteiger partial charge in [0, 0.05) is 12.1 Å². The molecule has 5 rings (SSSR count). The second-order valence-electron chi connectivity index (χ2n) is 11.7. The van der Waals surface area contributed by atoms with Crippen molar-refractivity contribution in [3.63, 3.8) is 0 Å². The van der Waals surface area contributed by atoms with Crippen LogP contribution in [0.1, 0.15) is 100 Å². The number of nitrogens with zero attached hydrogens (tertiary/aromatic N) is 3. The van der Waals surface area contributed by atoms with E-state index in [9.17, 15) is 19.1 Å². The van der Waals surface area contributed by atoms with Crippen LogP contribution in [0, 0.1) is 11.7 Å². The van der Waals surface area contributed by atoms with Gasteiger partial charge in [0.15, 0.2) is 17.3 Å². The molecule has 1 saturated heterocycles. The van der Waals surface area contributed by atoms with Gasteiger partial charge in [-0.05, 0) is 44.9 Å². The summed E-state index contributed by atoms with van der Waals surface area (Å²) >= 11 is 0. The highest BCUT2D eigenvalue weighted by Crippen LogP contribution is 2.36. The SMILES string of the molecule is Nc1nn2cc(F)cnc2c1C(=O)NC1CNC2(CCCCCCCCC2)CC1OC1CCC(C(=O)O)CC1. The molecule has 2 aromatic rings. The molecule has 2 saturated carbocycles. The van der Waals surface area contributed by atoms with E-state index in [1.165, 1.54) is 49.5 Å². The Labute approximate surface area is 228 Å². The second-order valence-corrected chi connectivity index (χ2v) is 11.7. The number of nitrogens with two attached hydrogens (primary N) is 1. The van der Waals surface area contributed by atoms with E-state index in [1.54, 1.807) is 0 Å². The highest BCUT2D eigenvalue weighted by Gasteiger charge is 2.43. The van der Waals surface area contributed by atoms with Crippen molar-refractivity contribution in [1.29, 1.82) is 0 Å². The molecular formula is C28H41FN6O4. The van der Waals surface area contributed by atoms with E-state index in [-0.39, 0.29) is 46.7 Å². The Hall–Kier alpha value is -2.79. The number of carbonyl (C=O) groups excluding carboxylic acids is 1. The molecule has 3 heterocycles. The van der Waals surface area contributed by atoms with Gasteiger partial charge < -0.3 is 26.2 Å². The zero-order valence-electron chi connectivity index (χ0n) is 22.5. The zero-order valence-corrected chi connectivity index (χ0v) is 22.5. The lowest BCUT2D eigenvalue weighted by Gasteiger charge is -2.47. The molecule has 1 amide bonds. The Morgan fingerprint density at radius 3 is 2.44 bits per heavy atom. The molecule has 0 radical (unpaired) electrons. The average Bonchev–Trinajstić information content (AvgIpc) is 3.24. The molecule has 2 unspecified atom stereocenters. The van der Waals surface area contributed by atoms with E-state index in [1.807, 2.05) is 0 Å². The molecule has 1 aliphatic heterocycles. The summed E-state index contributed by atoms with van der Waals surface area (Å²) < 4.78 is 21.5. The van der Waals surface area contributed by atoms with Crippen LogP contribution in [0.2, 0.25) is 0 Å². The maximum absolute atomic E-state index is 13.6. The van der Waals surface area contributed by atoms with Gasteiger partial charge >= 0.3 is 5.97 Å². The maximum atomic E-state index is 13.6. The lowest BCUT2D eigenvalue weighted by Crippen LogP contribution is -2.64. The summed E-state index contributed by atoms with van der Waals surface area (Å²) in [5.74, 6) is -2.05. The van der Waals surface area contributed by atoms with Crippen LogP contribution in [-0.2, 0) is 9.53 Å². The third-order valence-corrected chi connectivity index (χ3v) is 8.95. The number of carbonyl (C=O) groups is 2. The highest BCUT2D eigenvalue weighted by molar-refractivity contribution is 6.04. The Balaban J connectivity index is 1.34. The molecule has 0 bridgehead atoms. The third kappa shape index (κ3) is 6.51. The van der Waals surface area contributed by atoms with Crippen molar-refractivity contribution in [3.05, 3.63) is 23.8 Å². The number of halogens is 1. The summed E-state index contributed by atoms with van der Waals surface area (Å²) in [4.78, 5) is 29.0. The Morgan fingerprint density at radius 1 is 1.10 bits per heavy atom. The van der Waals surface area contributed by atoms with E-state index < -0.39 is 17.7 Å². The number of piperidine rings is 1. The average molecular weight is 545 g/mol. The molecular weight excluding hydrogens is 503 g/mol.